The number of rotatable bonds is 6. The van der Waals surface area contributed by atoms with Gasteiger partial charge in [-0.2, -0.15) is 0 Å². The summed E-state index contributed by atoms with van der Waals surface area (Å²) >= 11 is 1.25. The van der Waals surface area contributed by atoms with E-state index in [2.05, 4.69) is 0 Å². The zero-order chi connectivity index (χ0) is 18.7. The van der Waals surface area contributed by atoms with Gasteiger partial charge >= 0.3 is 0 Å². The third kappa shape index (κ3) is 4.45. The van der Waals surface area contributed by atoms with Crippen LogP contribution >= 0.6 is 11.8 Å². The van der Waals surface area contributed by atoms with Crippen molar-refractivity contribution in [2.24, 2.45) is 0 Å². The molecule has 10 nitrogen and oxygen atoms in total. The fourth-order valence-electron chi connectivity index (χ4n) is 2.86. The van der Waals surface area contributed by atoms with E-state index in [4.69, 9.17) is 14.2 Å². The molecule has 25 heavy (non-hydrogen) atoms. The first-order valence-electron chi connectivity index (χ1n) is 8.05. The minimum absolute atomic E-state index is 0.521. The van der Waals surface area contributed by atoms with Crippen LogP contribution in [0, 0.1) is 0 Å². The average molecular weight is 386 g/mol. The van der Waals surface area contributed by atoms with Gasteiger partial charge in [0.15, 0.2) is 6.29 Å². The summed E-state index contributed by atoms with van der Waals surface area (Å²) in [6.45, 7) is 0.695. The molecule has 10 atom stereocenters. The average Bonchev–Trinajstić information content (AvgIpc) is 2.61. The van der Waals surface area contributed by atoms with E-state index in [1.807, 2.05) is 6.92 Å². The normalized spacial score (nSPS) is 48.5. The smallest absolute Gasteiger partial charge is 0.187 e. The lowest BCUT2D eigenvalue weighted by Gasteiger charge is -2.46. The zero-order valence-electron chi connectivity index (χ0n) is 13.7. The Hall–Kier alpha value is -0.0500. The molecule has 0 amide bonds. The van der Waals surface area contributed by atoms with E-state index < -0.39 is 73.8 Å². The van der Waals surface area contributed by atoms with Crippen LogP contribution in [0.1, 0.15) is 6.92 Å². The van der Waals surface area contributed by atoms with Gasteiger partial charge in [0.1, 0.15) is 54.3 Å². The summed E-state index contributed by atoms with van der Waals surface area (Å²) in [5, 5.41) is 68.7. The van der Waals surface area contributed by atoms with Gasteiger partial charge in [-0.15, -0.1) is 11.8 Å². The van der Waals surface area contributed by atoms with Crippen molar-refractivity contribution in [3.8, 4) is 0 Å². The predicted octanol–water partition coefficient (Wildman–Crippen LogP) is -3.64. The molecule has 0 unspecified atom stereocenters. The van der Waals surface area contributed by atoms with Crippen molar-refractivity contribution in [2.75, 3.05) is 19.0 Å². The maximum atomic E-state index is 10.3. The Bertz CT molecular complexity index is 411. The number of aliphatic hydroxyl groups is 7. The second-order valence-corrected chi connectivity index (χ2v) is 7.34. The second-order valence-electron chi connectivity index (χ2n) is 5.96. The highest BCUT2D eigenvalue weighted by Gasteiger charge is 2.50. The fraction of sp³-hybridized carbons (Fsp3) is 1.00. The minimum atomic E-state index is -1.66. The van der Waals surface area contributed by atoms with Gasteiger partial charge in [-0.1, -0.05) is 6.92 Å². The number of hydrogen-bond donors (Lipinski definition) is 7. The molecule has 0 bridgehead atoms. The van der Waals surface area contributed by atoms with Crippen molar-refractivity contribution in [1.29, 1.82) is 0 Å². The summed E-state index contributed by atoms with van der Waals surface area (Å²) < 4.78 is 16.2. The SMILES string of the molecule is CCS[C@@H]1O[C@H](CO)[C@@H](O[C@@H]2O[C@H](CO)[C@@H](O)[C@H](O)[C@H]2O)[C@H](O)[C@H]1O. The molecule has 2 aliphatic heterocycles. The molecule has 0 spiro atoms. The Morgan fingerprint density at radius 1 is 0.800 bits per heavy atom. The molecule has 0 radical (unpaired) electrons. The molecule has 0 aromatic heterocycles. The van der Waals surface area contributed by atoms with Crippen molar-refractivity contribution in [3.05, 3.63) is 0 Å². The fourth-order valence-corrected chi connectivity index (χ4v) is 3.77. The molecule has 2 heterocycles. The van der Waals surface area contributed by atoms with Gasteiger partial charge in [0.25, 0.3) is 0 Å². The summed E-state index contributed by atoms with van der Waals surface area (Å²) in [5.41, 5.74) is -0.758. The van der Waals surface area contributed by atoms with Gasteiger partial charge in [0.2, 0.25) is 0 Å². The first-order chi connectivity index (χ1) is 11.8. The van der Waals surface area contributed by atoms with Crippen molar-refractivity contribution in [1.82, 2.24) is 0 Å². The standard InChI is InChI=1S/C14H26O10S/c1-2-25-14-11(21)9(19)12(6(4-16)23-14)24-13-10(20)8(18)7(17)5(3-15)22-13/h5-21H,2-4H2,1H3/t5-,6-,7-,8+,9-,10-,11-,12-,13+,14+/m1/s1. The van der Waals surface area contributed by atoms with Crippen molar-refractivity contribution in [2.45, 2.75) is 67.5 Å². The molecule has 0 aliphatic carbocycles. The summed E-state index contributed by atoms with van der Waals surface area (Å²) in [4.78, 5) is 0. The molecule has 2 rings (SSSR count). The van der Waals surface area contributed by atoms with E-state index in [-0.39, 0.29) is 0 Å². The van der Waals surface area contributed by atoms with Crippen molar-refractivity contribution in [3.63, 3.8) is 0 Å². The molecule has 0 aromatic carbocycles. The maximum absolute atomic E-state index is 10.3. The summed E-state index contributed by atoms with van der Waals surface area (Å²) in [7, 11) is 0. The minimum Gasteiger partial charge on any atom is -0.394 e. The van der Waals surface area contributed by atoms with Gasteiger partial charge < -0.3 is 50.0 Å². The van der Waals surface area contributed by atoms with E-state index in [9.17, 15) is 35.7 Å². The quantitative estimate of drug-likeness (QED) is 0.240. The molecule has 2 aliphatic rings. The molecule has 2 fully saturated rings. The van der Waals surface area contributed by atoms with Crippen molar-refractivity contribution < 1.29 is 50.0 Å². The zero-order valence-corrected chi connectivity index (χ0v) is 14.5. The Kier molecular flexibility index (Phi) is 7.85. The molecule has 0 aromatic rings. The topological polar surface area (TPSA) is 169 Å². The molecular formula is C14H26O10S. The van der Waals surface area contributed by atoms with Crippen LogP contribution < -0.4 is 0 Å². The first kappa shape index (κ1) is 21.3. The van der Waals surface area contributed by atoms with Crippen LogP contribution in [0.25, 0.3) is 0 Å². The van der Waals surface area contributed by atoms with Gasteiger partial charge in [-0.25, -0.2) is 0 Å². The summed E-state index contributed by atoms with van der Waals surface area (Å²) in [6.07, 6.45) is -12.5. The van der Waals surface area contributed by atoms with E-state index >= 15 is 0 Å². The van der Waals surface area contributed by atoms with Crippen molar-refractivity contribution >= 4 is 11.8 Å². The van der Waals surface area contributed by atoms with Gasteiger partial charge in [-0.05, 0) is 5.75 Å². The van der Waals surface area contributed by atoms with E-state index in [1.165, 1.54) is 11.8 Å². The lowest BCUT2D eigenvalue weighted by Crippen LogP contribution is -2.64. The van der Waals surface area contributed by atoms with Gasteiger partial charge in [0.05, 0.1) is 13.2 Å². The van der Waals surface area contributed by atoms with E-state index in [1.54, 1.807) is 0 Å². The van der Waals surface area contributed by atoms with Crippen LogP contribution in [0.15, 0.2) is 0 Å². The van der Waals surface area contributed by atoms with E-state index in [0.717, 1.165) is 0 Å². The molecular weight excluding hydrogens is 360 g/mol. The lowest BCUT2D eigenvalue weighted by atomic mass is 9.97. The molecule has 0 saturated carbocycles. The van der Waals surface area contributed by atoms with Crippen LogP contribution in [0.2, 0.25) is 0 Å². The Balaban J connectivity index is 2.11. The summed E-state index contributed by atoms with van der Waals surface area (Å²) in [5.74, 6) is 0.616. The van der Waals surface area contributed by atoms with Gasteiger partial charge in [0, 0.05) is 0 Å². The number of hydrogen-bond acceptors (Lipinski definition) is 11. The predicted molar refractivity (Wildman–Crippen MR) is 84.5 cm³/mol. The third-order valence-corrected chi connectivity index (χ3v) is 5.34. The van der Waals surface area contributed by atoms with Crippen LogP contribution in [0.3, 0.4) is 0 Å². The largest absolute Gasteiger partial charge is 0.394 e. The summed E-state index contributed by atoms with van der Waals surface area (Å²) in [6, 6.07) is 0. The second kappa shape index (κ2) is 9.24. The number of aliphatic hydroxyl groups excluding tert-OH is 7. The number of ether oxygens (including phenoxy) is 3. The highest BCUT2D eigenvalue weighted by molar-refractivity contribution is 7.99. The first-order valence-corrected chi connectivity index (χ1v) is 9.10. The molecule has 7 N–H and O–H groups in total. The van der Waals surface area contributed by atoms with Crippen LogP contribution in [-0.4, -0.2) is 115 Å². The highest BCUT2D eigenvalue weighted by atomic mass is 32.2. The van der Waals surface area contributed by atoms with Crippen LogP contribution in [-0.2, 0) is 14.2 Å². The Labute approximate surface area is 148 Å². The Morgan fingerprint density at radius 3 is 2.00 bits per heavy atom. The molecule has 11 heteroatoms. The number of thioether (sulfide) groups is 1. The molecule has 148 valence electrons. The highest BCUT2D eigenvalue weighted by Crippen LogP contribution is 2.32. The maximum Gasteiger partial charge on any atom is 0.187 e. The third-order valence-electron chi connectivity index (χ3n) is 4.29. The monoisotopic (exact) mass is 386 g/mol. The lowest BCUT2D eigenvalue weighted by molar-refractivity contribution is -0.338. The van der Waals surface area contributed by atoms with E-state index in [0.29, 0.717) is 5.75 Å². The van der Waals surface area contributed by atoms with Crippen LogP contribution in [0.5, 0.6) is 0 Å². The Morgan fingerprint density at radius 2 is 1.44 bits per heavy atom. The van der Waals surface area contributed by atoms with Gasteiger partial charge in [-0.3, -0.25) is 0 Å². The van der Waals surface area contributed by atoms with Crippen LogP contribution in [0.4, 0.5) is 0 Å². The molecule has 2 saturated heterocycles.